The lowest BCUT2D eigenvalue weighted by Gasteiger charge is -2.28. The second-order valence-electron chi connectivity index (χ2n) is 8.26. The number of benzene rings is 2. The van der Waals surface area contributed by atoms with Crippen molar-refractivity contribution >= 4 is 38.7 Å². The molecule has 5 aromatic rings. The van der Waals surface area contributed by atoms with Crippen molar-refractivity contribution in [2.75, 3.05) is 31.2 Å². The maximum absolute atomic E-state index is 10.6. The van der Waals surface area contributed by atoms with Gasteiger partial charge in [0.05, 0.1) is 19.4 Å². The summed E-state index contributed by atoms with van der Waals surface area (Å²) in [6.45, 7) is 3.48. The minimum atomic E-state index is -5.08. The van der Waals surface area contributed by atoms with Crippen molar-refractivity contribution < 1.29 is 27.8 Å². The van der Waals surface area contributed by atoms with Crippen molar-refractivity contribution in [1.82, 2.24) is 14.6 Å². The number of carbonyl (C=O) groups is 1. The molecule has 37 heavy (non-hydrogen) atoms. The van der Waals surface area contributed by atoms with E-state index in [1.807, 2.05) is 16.9 Å². The predicted molar refractivity (Wildman–Crippen MR) is 136 cm³/mol. The normalized spacial score (nSPS) is 14.0. The molecule has 0 spiro atoms. The summed E-state index contributed by atoms with van der Waals surface area (Å²) >= 11 is 1.76. The van der Waals surface area contributed by atoms with Crippen LogP contribution < -0.4 is 4.90 Å². The zero-order valence-electron chi connectivity index (χ0n) is 19.4. The molecule has 0 amide bonds. The molecule has 4 heterocycles. The molecule has 0 saturated carbocycles. The van der Waals surface area contributed by atoms with Crippen LogP contribution in [0.5, 0.6) is 0 Å². The summed E-state index contributed by atoms with van der Waals surface area (Å²) in [7, 11) is 0. The van der Waals surface area contributed by atoms with Crippen LogP contribution in [0.1, 0.15) is 0 Å². The van der Waals surface area contributed by atoms with Gasteiger partial charge in [0.25, 0.3) is 0 Å². The van der Waals surface area contributed by atoms with Gasteiger partial charge >= 0.3 is 12.1 Å². The first kappa shape index (κ1) is 24.7. The number of nitrogens with zero attached hydrogens (tertiary/aromatic N) is 4. The Bertz CT molecular complexity index is 1540. The van der Waals surface area contributed by atoms with Crippen LogP contribution in [0.2, 0.25) is 0 Å². The highest BCUT2D eigenvalue weighted by Gasteiger charge is 2.38. The highest BCUT2D eigenvalue weighted by atomic mass is 32.1. The van der Waals surface area contributed by atoms with Gasteiger partial charge in [-0.2, -0.15) is 18.3 Å². The maximum atomic E-state index is 10.6. The van der Waals surface area contributed by atoms with Gasteiger partial charge in [0.15, 0.2) is 5.65 Å². The van der Waals surface area contributed by atoms with E-state index in [0.717, 1.165) is 48.6 Å². The average molecular weight is 527 g/mol. The SMILES string of the molecule is O=C(O)C(F)(F)F.c1ccc2c(-c3cnn4cc(-c5ccc(N6CCOCC6)cc5)cnc34)csc2c1. The summed E-state index contributed by atoms with van der Waals surface area (Å²) in [6, 6.07) is 17.1. The first-order chi connectivity index (χ1) is 17.8. The van der Waals surface area contributed by atoms with Crippen molar-refractivity contribution in [3.63, 3.8) is 0 Å². The number of thiophene rings is 1. The molecule has 11 heteroatoms. The molecular weight excluding hydrogens is 505 g/mol. The molecule has 0 atom stereocenters. The Balaban J connectivity index is 0.000000355. The monoisotopic (exact) mass is 526 g/mol. The topological polar surface area (TPSA) is 80.0 Å². The lowest BCUT2D eigenvalue weighted by Crippen LogP contribution is -2.36. The summed E-state index contributed by atoms with van der Waals surface area (Å²) in [5, 5.41) is 15.2. The van der Waals surface area contributed by atoms with E-state index in [4.69, 9.17) is 19.6 Å². The molecule has 0 unspecified atom stereocenters. The van der Waals surface area contributed by atoms with Crippen LogP contribution in [0, 0.1) is 0 Å². The van der Waals surface area contributed by atoms with Gasteiger partial charge in [-0.15, -0.1) is 11.3 Å². The van der Waals surface area contributed by atoms with E-state index in [1.165, 1.54) is 21.3 Å². The number of aliphatic carboxylic acids is 1. The van der Waals surface area contributed by atoms with E-state index in [2.05, 4.69) is 70.1 Å². The van der Waals surface area contributed by atoms with E-state index in [-0.39, 0.29) is 0 Å². The van der Waals surface area contributed by atoms with Gasteiger partial charge in [0, 0.05) is 57.9 Å². The van der Waals surface area contributed by atoms with Gasteiger partial charge in [-0.25, -0.2) is 14.3 Å². The van der Waals surface area contributed by atoms with E-state index in [0.29, 0.717) is 0 Å². The summed E-state index contributed by atoms with van der Waals surface area (Å²) in [5.74, 6) is -2.76. The summed E-state index contributed by atoms with van der Waals surface area (Å²) in [5.41, 5.74) is 6.58. The number of carboxylic acids is 1. The zero-order chi connectivity index (χ0) is 26.0. The third kappa shape index (κ3) is 5.27. The van der Waals surface area contributed by atoms with Crippen LogP contribution in [0.25, 0.3) is 38.0 Å². The Morgan fingerprint density at radius 2 is 1.68 bits per heavy atom. The van der Waals surface area contributed by atoms with Gasteiger partial charge in [0.2, 0.25) is 0 Å². The molecule has 3 aromatic heterocycles. The lowest BCUT2D eigenvalue weighted by molar-refractivity contribution is -0.192. The molecule has 190 valence electrons. The summed E-state index contributed by atoms with van der Waals surface area (Å²) in [6.07, 6.45) is 0.838. The molecule has 1 saturated heterocycles. The molecule has 0 radical (unpaired) electrons. The first-order valence-electron chi connectivity index (χ1n) is 11.3. The van der Waals surface area contributed by atoms with Crippen LogP contribution in [-0.4, -0.2) is 58.2 Å². The van der Waals surface area contributed by atoms with Crippen LogP contribution in [-0.2, 0) is 9.53 Å². The number of aromatic nitrogens is 3. The second kappa shape index (κ2) is 10.2. The Morgan fingerprint density at radius 3 is 2.38 bits per heavy atom. The number of anilines is 1. The fourth-order valence-corrected chi connectivity index (χ4v) is 5.05. The van der Waals surface area contributed by atoms with Crippen molar-refractivity contribution in [2.45, 2.75) is 6.18 Å². The molecule has 0 bridgehead atoms. The number of alkyl halides is 3. The summed E-state index contributed by atoms with van der Waals surface area (Å²) in [4.78, 5) is 16.0. The van der Waals surface area contributed by atoms with Crippen molar-refractivity contribution in [1.29, 1.82) is 0 Å². The molecule has 1 aliphatic rings. The smallest absolute Gasteiger partial charge is 0.475 e. The van der Waals surface area contributed by atoms with Crippen LogP contribution in [0.3, 0.4) is 0 Å². The molecule has 1 N–H and O–H groups in total. The molecule has 1 aliphatic heterocycles. The van der Waals surface area contributed by atoms with Gasteiger partial charge in [-0.1, -0.05) is 30.3 Å². The molecule has 1 fully saturated rings. The Labute approximate surface area is 213 Å². The highest BCUT2D eigenvalue weighted by Crippen LogP contribution is 2.35. The number of ether oxygens (including phenoxy) is 1. The molecular formula is C26H21F3N4O3S. The average Bonchev–Trinajstić information content (AvgIpc) is 3.53. The van der Waals surface area contributed by atoms with Crippen LogP contribution in [0.15, 0.2) is 72.5 Å². The Hall–Kier alpha value is -3.96. The van der Waals surface area contributed by atoms with E-state index in [1.54, 1.807) is 11.3 Å². The number of hydrogen-bond acceptors (Lipinski definition) is 6. The van der Waals surface area contributed by atoms with Crippen LogP contribution in [0.4, 0.5) is 18.9 Å². The summed E-state index contributed by atoms with van der Waals surface area (Å²) < 4.78 is 40.3. The highest BCUT2D eigenvalue weighted by molar-refractivity contribution is 7.17. The van der Waals surface area contributed by atoms with Gasteiger partial charge in [-0.3, -0.25) is 0 Å². The molecule has 6 rings (SSSR count). The standard InChI is InChI=1S/C24H20N4OS.C2HF3O2/c1-2-4-23-20(3-1)22(16-30-23)21-14-26-28-15-18(13-25-24(21)28)17-5-7-19(8-6-17)27-9-11-29-12-10-27;3-2(4,5)1(6)7/h1-8,13-16H,9-12H2;(H,6,7). The Kier molecular flexibility index (Phi) is 6.81. The van der Waals surface area contributed by atoms with Crippen LogP contribution >= 0.6 is 11.3 Å². The lowest BCUT2D eigenvalue weighted by atomic mass is 10.1. The largest absolute Gasteiger partial charge is 0.490 e. The van der Waals surface area contributed by atoms with Gasteiger partial charge in [0.1, 0.15) is 0 Å². The third-order valence-electron chi connectivity index (χ3n) is 5.95. The fourth-order valence-electron chi connectivity index (χ4n) is 4.09. The van der Waals surface area contributed by atoms with Crippen molar-refractivity contribution in [2.24, 2.45) is 0 Å². The first-order valence-corrected chi connectivity index (χ1v) is 12.2. The van der Waals surface area contributed by atoms with Crippen molar-refractivity contribution in [3.05, 3.63) is 72.5 Å². The van der Waals surface area contributed by atoms with E-state index in [9.17, 15) is 13.2 Å². The quantitative estimate of drug-likeness (QED) is 0.323. The Morgan fingerprint density at radius 1 is 0.973 bits per heavy atom. The maximum Gasteiger partial charge on any atom is 0.490 e. The number of rotatable bonds is 3. The minimum Gasteiger partial charge on any atom is -0.475 e. The number of morpholine rings is 1. The minimum absolute atomic E-state index is 0.795. The number of carboxylic acid groups (broad SMARTS) is 1. The second-order valence-corrected chi connectivity index (χ2v) is 9.18. The third-order valence-corrected chi connectivity index (χ3v) is 6.91. The van der Waals surface area contributed by atoms with E-state index >= 15 is 0 Å². The molecule has 7 nitrogen and oxygen atoms in total. The number of hydrogen-bond donors (Lipinski definition) is 1. The zero-order valence-corrected chi connectivity index (χ0v) is 20.2. The fraction of sp³-hybridized carbons (Fsp3) is 0.192. The number of fused-ring (bicyclic) bond motifs is 2. The predicted octanol–water partition coefficient (Wildman–Crippen LogP) is 5.75. The van der Waals surface area contributed by atoms with Crippen molar-refractivity contribution in [3.8, 4) is 22.3 Å². The van der Waals surface area contributed by atoms with Gasteiger partial charge in [-0.05, 0) is 29.1 Å². The van der Waals surface area contributed by atoms with Gasteiger partial charge < -0.3 is 14.7 Å². The van der Waals surface area contributed by atoms with E-state index < -0.39 is 12.1 Å². The molecule has 2 aromatic carbocycles. The number of halogens is 3. The molecule has 0 aliphatic carbocycles.